The molecule has 1 aromatic carbocycles. The second kappa shape index (κ2) is 8.61. The van der Waals surface area contributed by atoms with Crippen LogP contribution >= 0.6 is 0 Å². The fourth-order valence-electron chi connectivity index (χ4n) is 1.45. The Morgan fingerprint density at radius 3 is 2.88 bits per heavy atom. The van der Waals surface area contributed by atoms with Crippen LogP contribution in [0.5, 0.6) is 0 Å². The van der Waals surface area contributed by atoms with Gasteiger partial charge in [-0.15, -0.1) is 0 Å². The minimum atomic E-state index is 0.637. The Morgan fingerprint density at radius 2 is 2.12 bits per heavy atom. The lowest BCUT2D eigenvalue weighted by atomic mass is 10.1. The molecule has 0 aliphatic heterocycles. The van der Waals surface area contributed by atoms with Gasteiger partial charge >= 0.3 is 0 Å². The van der Waals surface area contributed by atoms with Gasteiger partial charge in [-0.25, -0.2) is 0 Å². The van der Waals surface area contributed by atoms with Crippen LogP contribution < -0.4 is 0 Å². The van der Waals surface area contributed by atoms with E-state index in [0.717, 1.165) is 17.5 Å². The molecule has 0 N–H and O–H groups in total. The van der Waals surface area contributed by atoms with Crippen molar-refractivity contribution in [2.24, 2.45) is 0 Å². The van der Waals surface area contributed by atoms with E-state index in [1.54, 1.807) is 7.11 Å². The van der Waals surface area contributed by atoms with E-state index in [1.165, 1.54) is 12.8 Å². The van der Waals surface area contributed by atoms with Crippen LogP contribution in [0.4, 0.5) is 0 Å². The first-order valence-corrected chi connectivity index (χ1v) is 6.12. The van der Waals surface area contributed by atoms with Crippen molar-refractivity contribution in [1.82, 2.24) is 0 Å². The van der Waals surface area contributed by atoms with Crippen molar-refractivity contribution < 1.29 is 4.74 Å². The average Bonchev–Trinajstić information content (AvgIpc) is 2.36. The van der Waals surface area contributed by atoms with Gasteiger partial charge in [-0.1, -0.05) is 55.5 Å². The normalized spacial score (nSPS) is 10.2. The van der Waals surface area contributed by atoms with E-state index in [-0.39, 0.29) is 0 Å². The number of hydrogen-bond acceptors (Lipinski definition) is 1. The average molecular weight is 228 g/mol. The number of benzene rings is 1. The van der Waals surface area contributed by atoms with Gasteiger partial charge in [0, 0.05) is 19.1 Å². The highest BCUT2D eigenvalue weighted by molar-refractivity contribution is 5.59. The van der Waals surface area contributed by atoms with Crippen LogP contribution in [0.15, 0.2) is 30.3 Å². The van der Waals surface area contributed by atoms with E-state index < -0.39 is 0 Å². The van der Waals surface area contributed by atoms with Gasteiger partial charge in [0.2, 0.25) is 0 Å². The second-order valence-corrected chi connectivity index (χ2v) is 3.85. The van der Waals surface area contributed by atoms with Crippen LogP contribution in [-0.4, -0.2) is 13.7 Å². The lowest BCUT2D eigenvalue weighted by molar-refractivity contribution is 0.234. The van der Waals surface area contributed by atoms with Crippen molar-refractivity contribution >= 4 is 6.08 Å². The maximum Gasteiger partial charge on any atom is 0.0646 e. The molecule has 0 saturated carbocycles. The summed E-state index contributed by atoms with van der Waals surface area (Å²) in [5.74, 6) is 6.45. The van der Waals surface area contributed by atoms with Gasteiger partial charge in [0.15, 0.2) is 0 Å². The quantitative estimate of drug-likeness (QED) is 0.549. The molecule has 1 heteroatoms. The maximum absolute atomic E-state index is 4.99. The largest absolute Gasteiger partial charge is 0.381 e. The predicted octanol–water partition coefficient (Wildman–Crippen LogP) is 3.89. The Labute approximate surface area is 105 Å². The smallest absolute Gasteiger partial charge is 0.0646 e. The van der Waals surface area contributed by atoms with E-state index in [9.17, 15) is 0 Å². The van der Waals surface area contributed by atoms with Crippen molar-refractivity contribution in [3.63, 3.8) is 0 Å². The molecular formula is C16H20O. The molecule has 0 unspecified atom stereocenters. The molecule has 17 heavy (non-hydrogen) atoms. The molecule has 1 nitrogen and oxygen atoms in total. The summed E-state index contributed by atoms with van der Waals surface area (Å²) in [4.78, 5) is 0. The number of unbranched alkanes of at least 4 members (excludes halogenated alkanes) is 2. The highest BCUT2D eigenvalue weighted by Gasteiger charge is 1.93. The summed E-state index contributed by atoms with van der Waals surface area (Å²) in [6.07, 6.45) is 7.42. The van der Waals surface area contributed by atoms with Gasteiger partial charge in [-0.3, -0.25) is 0 Å². The van der Waals surface area contributed by atoms with Crippen molar-refractivity contribution in [3.05, 3.63) is 41.5 Å². The molecule has 1 rings (SSSR count). The fraction of sp³-hybridized carbons (Fsp3) is 0.375. The zero-order chi connectivity index (χ0) is 12.3. The topological polar surface area (TPSA) is 9.23 Å². The summed E-state index contributed by atoms with van der Waals surface area (Å²) < 4.78 is 4.99. The first-order valence-electron chi connectivity index (χ1n) is 6.12. The number of methoxy groups -OCH3 is 1. The summed E-state index contributed by atoms with van der Waals surface area (Å²) in [5.41, 5.74) is 2.25. The molecule has 0 aromatic heterocycles. The van der Waals surface area contributed by atoms with Crippen molar-refractivity contribution in [3.8, 4) is 11.8 Å². The van der Waals surface area contributed by atoms with Crippen LogP contribution in [-0.2, 0) is 4.74 Å². The molecule has 0 spiro atoms. The minimum absolute atomic E-state index is 0.637. The lowest BCUT2D eigenvalue weighted by Crippen LogP contribution is -1.84. The summed E-state index contributed by atoms with van der Waals surface area (Å²) in [6.45, 7) is 2.82. The van der Waals surface area contributed by atoms with Crippen molar-refractivity contribution in [1.29, 1.82) is 0 Å². The third kappa shape index (κ3) is 5.38. The van der Waals surface area contributed by atoms with Gasteiger partial charge in [0.05, 0.1) is 6.61 Å². The summed E-state index contributed by atoms with van der Waals surface area (Å²) in [7, 11) is 1.70. The standard InChI is InChI=1S/C16H20O/c1-3-4-5-6-10-15-11-7-8-12-16(15)13-9-14-17-2/h7-9,11-13H,3-5,14H2,1-2H3. The second-order valence-electron chi connectivity index (χ2n) is 3.85. The molecule has 0 heterocycles. The zero-order valence-electron chi connectivity index (χ0n) is 10.7. The van der Waals surface area contributed by atoms with E-state index in [4.69, 9.17) is 4.74 Å². The van der Waals surface area contributed by atoms with Crippen LogP contribution in [0.25, 0.3) is 6.08 Å². The van der Waals surface area contributed by atoms with Gasteiger partial charge in [0.1, 0.15) is 0 Å². The number of hydrogen-bond donors (Lipinski definition) is 0. The maximum atomic E-state index is 4.99. The van der Waals surface area contributed by atoms with Crippen LogP contribution in [0.3, 0.4) is 0 Å². The molecule has 0 fully saturated rings. The van der Waals surface area contributed by atoms with Gasteiger partial charge in [0.25, 0.3) is 0 Å². The van der Waals surface area contributed by atoms with E-state index in [1.807, 2.05) is 18.2 Å². The summed E-state index contributed by atoms with van der Waals surface area (Å²) >= 11 is 0. The van der Waals surface area contributed by atoms with Gasteiger partial charge in [-0.2, -0.15) is 0 Å². The third-order valence-corrected chi connectivity index (χ3v) is 2.40. The van der Waals surface area contributed by atoms with Crippen LogP contribution in [0.2, 0.25) is 0 Å². The SMILES string of the molecule is CCCCC#Cc1ccccc1C=CCOC. The first-order chi connectivity index (χ1) is 8.38. The highest BCUT2D eigenvalue weighted by atomic mass is 16.5. The first kappa shape index (κ1) is 13.5. The molecule has 0 aliphatic rings. The van der Waals surface area contributed by atoms with Crippen LogP contribution in [0, 0.1) is 11.8 Å². The fourth-order valence-corrected chi connectivity index (χ4v) is 1.45. The van der Waals surface area contributed by atoms with Gasteiger partial charge < -0.3 is 4.74 Å². The number of rotatable bonds is 5. The van der Waals surface area contributed by atoms with Crippen molar-refractivity contribution in [2.75, 3.05) is 13.7 Å². The molecule has 0 atom stereocenters. The molecule has 1 aromatic rings. The Hall–Kier alpha value is -1.52. The molecule has 0 aliphatic carbocycles. The Morgan fingerprint density at radius 1 is 1.29 bits per heavy atom. The monoisotopic (exact) mass is 228 g/mol. The highest BCUT2D eigenvalue weighted by Crippen LogP contribution is 2.09. The zero-order valence-corrected chi connectivity index (χ0v) is 10.7. The molecule has 0 bridgehead atoms. The Kier molecular flexibility index (Phi) is 6.86. The molecular weight excluding hydrogens is 208 g/mol. The van der Waals surface area contributed by atoms with Crippen molar-refractivity contribution in [2.45, 2.75) is 26.2 Å². The molecule has 90 valence electrons. The molecule has 0 amide bonds. The minimum Gasteiger partial charge on any atom is -0.381 e. The predicted molar refractivity (Wildman–Crippen MR) is 73.8 cm³/mol. The van der Waals surface area contributed by atoms with E-state index >= 15 is 0 Å². The summed E-state index contributed by atoms with van der Waals surface area (Å²) in [6, 6.07) is 8.20. The number of ether oxygens (including phenoxy) is 1. The Balaban J connectivity index is 2.72. The molecule has 0 saturated heterocycles. The lowest BCUT2D eigenvalue weighted by Gasteiger charge is -1.98. The molecule has 0 radical (unpaired) electrons. The van der Waals surface area contributed by atoms with Crippen LogP contribution in [0.1, 0.15) is 37.3 Å². The van der Waals surface area contributed by atoms with Gasteiger partial charge in [-0.05, 0) is 18.1 Å². The van der Waals surface area contributed by atoms with E-state index in [2.05, 4.69) is 37.0 Å². The Bertz CT molecular complexity index is 407. The third-order valence-electron chi connectivity index (χ3n) is 2.40. The van der Waals surface area contributed by atoms with E-state index in [0.29, 0.717) is 6.61 Å². The summed E-state index contributed by atoms with van der Waals surface area (Å²) in [5, 5.41) is 0.